The number of benzene rings is 4. The van der Waals surface area contributed by atoms with Crippen molar-refractivity contribution in [2.45, 2.75) is 102 Å². The van der Waals surface area contributed by atoms with Crippen molar-refractivity contribution >= 4 is 29.8 Å². The van der Waals surface area contributed by atoms with Crippen molar-refractivity contribution in [3.63, 3.8) is 0 Å². The van der Waals surface area contributed by atoms with Crippen molar-refractivity contribution in [1.29, 1.82) is 0 Å². The summed E-state index contributed by atoms with van der Waals surface area (Å²) in [5.41, 5.74) is 11.8. The van der Waals surface area contributed by atoms with Gasteiger partial charge in [-0.15, -0.1) is 0 Å². The monoisotopic (exact) mass is 832 g/mol. The van der Waals surface area contributed by atoms with Crippen molar-refractivity contribution < 1.29 is 21.0 Å². The topological polar surface area (TPSA) is 0 Å². The summed E-state index contributed by atoms with van der Waals surface area (Å²) in [5.74, 6) is 0. The second-order valence-electron chi connectivity index (χ2n) is 14.6. The fourth-order valence-electron chi connectivity index (χ4n) is 9.13. The van der Waals surface area contributed by atoms with E-state index in [-0.39, 0.29) is 0 Å². The van der Waals surface area contributed by atoms with Crippen LogP contribution in [-0.4, -0.2) is 19.4 Å². The molecule has 0 bridgehead atoms. The van der Waals surface area contributed by atoms with Crippen LogP contribution in [0.4, 0.5) is 0 Å². The van der Waals surface area contributed by atoms with Gasteiger partial charge in [-0.3, -0.25) is 0 Å². The standard InChI is InChI=1S/C25H38Si2.C15H13.C5H5.Hf/c1-7-26(8-2,9-3)24-17-13-22(14-18-24)21-23-15-19-25(20-16-23)27(10-4,11-5)12-6;1-10-3-5-14-12(7-10)9-13-8-11(2)4-6-15(13)14;1-2-4-5-3-1;/h13-20H,7-12H2,1-6H3;3-9H,1-2H3;1-3H,4H2;. The van der Waals surface area contributed by atoms with Gasteiger partial charge in [-0.2, -0.15) is 0 Å². The van der Waals surface area contributed by atoms with Crippen LogP contribution in [0, 0.1) is 13.8 Å². The average Bonchev–Trinajstić information content (AvgIpc) is 3.76. The molecule has 0 radical (unpaired) electrons. The molecule has 2 aliphatic carbocycles. The summed E-state index contributed by atoms with van der Waals surface area (Å²) in [6.45, 7) is 19.2. The van der Waals surface area contributed by atoms with Crippen molar-refractivity contribution in [2.75, 3.05) is 0 Å². The van der Waals surface area contributed by atoms with Crippen molar-refractivity contribution in [2.24, 2.45) is 0 Å². The Labute approximate surface area is 301 Å². The third-order valence-corrected chi connectivity index (χ3v) is 36.0. The molecule has 0 amide bonds. The van der Waals surface area contributed by atoms with Crippen molar-refractivity contribution in [1.82, 2.24) is 0 Å². The summed E-state index contributed by atoms with van der Waals surface area (Å²) < 4.78 is 3.92. The second kappa shape index (κ2) is 14.8. The Morgan fingerprint density at radius 1 is 0.583 bits per heavy atom. The molecule has 0 saturated heterocycles. The maximum absolute atomic E-state index is 2.95. The summed E-state index contributed by atoms with van der Waals surface area (Å²) in [5, 5.41) is 3.30. The molecular weight excluding hydrogens is 775 g/mol. The molecule has 0 aliphatic heterocycles. The van der Waals surface area contributed by atoms with Gasteiger partial charge in [0.15, 0.2) is 0 Å². The Bertz CT molecular complexity index is 1730. The van der Waals surface area contributed by atoms with Gasteiger partial charge in [0, 0.05) is 0 Å². The first-order valence-corrected chi connectivity index (χ1v) is 29.7. The molecule has 0 nitrogen and oxygen atoms in total. The third kappa shape index (κ3) is 6.22. The fourth-order valence-corrected chi connectivity index (χ4v) is 29.4. The molecule has 0 N–H and O–H groups in total. The van der Waals surface area contributed by atoms with E-state index in [0.29, 0.717) is 3.67 Å². The van der Waals surface area contributed by atoms with E-state index in [1.165, 1.54) is 69.6 Å². The van der Waals surface area contributed by atoms with Gasteiger partial charge < -0.3 is 0 Å². The first kappa shape index (κ1) is 35.4. The van der Waals surface area contributed by atoms with Gasteiger partial charge >= 0.3 is 303 Å². The third-order valence-electron chi connectivity index (χ3n) is 12.6. The minimum atomic E-state index is -2.95. The molecule has 0 aromatic heterocycles. The molecule has 6 rings (SSSR count). The van der Waals surface area contributed by atoms with Crippen LogP contribution in [-0.2, 0) is 21.0 Å². The summed E-state index contributed by atoms with van der Waals surface area (Å²) in [6.07, 6.45) is 8.40. The van der Waals surface area contributed by atoms with Gasteiger partial charge in [-0.25, -0.2) is 0 Å². The second-order valence-corrected chi connectivity index (χ2v) is 34.2. The molecule has 0 unspecified atom stereocenters. The number of allylic oxidation sites excluding steroid dienone is 4. The fraction of sp³-hybridized carbons (Fsp3) is 0.356. The Morgan fingerprint density at radius 3 is 1.35 bits per heavy atom. The van der Waals surface area contributed by atoms with E-state index in [9.17, 15) is 0 Å². The van der Waals surface area contributed by atoms with Crippen LogP contribution >= 0.6 is 0 Å². The van der Waals surface area contributed by atoms with Gasteiger partial charge in [0.1, 0.15) is 0 Å². The van der Waals surface area contributed by atoms with E-state index >= 15 is 0 Å². The molecule has 3 heteroatoms. The molecule has 0 atom stereocenters. The molecule has 0 spiro atoms. The Balaban J connectivity index is 1.66. The van der Waals surface area contributed by atoms with Gasteiger partial charge in [-0.05, 0) is 0 Å². The van der Waals surface area contributed by atoms with Gasteiger partial charge in [-0.1, -0.05) is 0 Å². The predicted octanol–water partition coefficient (Wildman–Crippen LogP) is 11.5. The molecule has 4 aromatic carbocycles. The van der Waals surface area contributed by atoms with E-state index in [4.69, 9.17) is 0 Å². The molecule has 4 aromatic rings. The van der Waals surface area contributed by atoms with E-state index < -0.39 is 37.1 Å². The molecule has 48 heavy (non-hydrogen) atoms. The quantitative estimate of drug-likeness (QED) is 0.125. The van der Waals surface area contributed by atoms with Crippen LogP contribution in [0.5, 0.6) is 0 Å². The van der Waals surface area contributed by atoms with E-state index in [0.717, 1.165) is 6.42 Å². The maximum atomic E-state index is 2.56. The number of hydrogen-bond donors (Lipinski definition) is 0. The zero-order valence-corrected chi connectivity index (χ0v) is 36.4. The van der Waals surface area contributed by atoms with Crippen LogP contribution in [0.1, 0.15) is 85.0 Å². The minimum absolute atomic E-state index is 0.478. The zero-order chi connectivity index (χ0) is 34.1. The molecule has 2 aliphatic rings. The number of hydrogen-bond acceptors (Lipinski definition) is 0. The van der Waals surface area contributed by atoms with Gasteiger partial charge in [0.25, 0.3) is 0 Å². The average molecular weight is 832 g/mol. The van der Waals surface area contributed by atoms with Crippen LogP contribution in [0.25, 0.3) is 11.1 Å². The van der Waals surface area contributed by atoms with E-state index in [2.05, 4.69) is 159 Å². The Morgan fingerprint density at radius 2 is 1.00 bits per heavy atom. The molecule has 248 valence electrons. The molecular formula is C45H56HfSi2. The van der Waals surface area contributed by atoms with Crippen LogP contribution in [0.3, 0.4) is 0 Å². The summed E-state index contributed by atoms with van der Waals surface area (Å²) in [7, 11) is -2.93. The number of rotatable bonds is 12. The molecule has 0 saturated carbocycles. The molecule has 0 heterocycles. The van der Waals surface area contributed by atoms with Crippen LogP contribution < -0.4 is 10.4 Å². The number of fused-ring (bicyclic) bond motifs is 3. The first-order chi connectivity index (χ1) is 23.3. The van der Waals surface area contributed by atoms with E-state index in [1.54, 1.807) is 28.1 Å². The molecule has 0 fully saturated rings. The summed E-state index contributed by atoms with van der Waals surface area (Å²) >= 11 is -2.95. The predicted molar refractivity (Wildman–Crippen MR) is 215 cm³/mol. The van der Waals surface area contributed by atoms with E-state index in [1.807, 2.05) is 0 Å². The van der Waals surface area contributed by atoms with Gasteiger partial charge in [0.2, 0.25) is 0 Å². The Kier molecular flexibility index (Phi) is 10.9. The van der Waals surface area contributed by atoms with Crippen LogP contribution in [0.15, 0.2) is 106 Å². The van der Waals surface area contributed by atoms with Crippen molar-refractivity contribution in [3.8, 4) is 11.1 Å². The first-order valence-electron chi connectivity index (χ1n) is 18.8. The van der Waals surface area contributed by atoms with Crippen molar-refractivity contribution in [3.05, 3.63) is 140 Å². The zero-order valence-electron chi connectivity index (χ0n) is 30.8. The Hall–Kier alpha value is -2.47. The normalized spacial score (nSPS) is 14.2. The summed E-state index contributed by atoms with van der Waals surface area (Å²) in [4.78, 5) is 0. The van der Waals surface area contributed by atoms with Crippen LogP contribution in [0.2, 0.25) is 36.3 Å². The van der Waals surface area contributed by atoms with Gasteiger partial charge in [0.05, 0.1) is 0 Å². The summed E-state index contributed by atoms with van der Waals surface area (Å²) in [6, 6.07) is 43.0. The number of aryl methyl sites for hydroxylation is 2. The SMILES string of the molecule is CC[Si](CC)(CC)c1ccc([C](c2ccc([Si](CC)(CC)CC)cc2)=[Hf]([C]2=CC=CC2)[CH]2c3cc(C)ccc3-c3ccc(C)cc32)cc1.